The Hall–Kier alpha value is -4.74. The number of carbonyl (C=O) groups excluding carboxylic acids is 1. The molecule has 0 fully saturated rings. The Kier molecular flexibility index (Phi) is 8.87. The first-order valence-electron chi connectivity index (χ1n) is 12.5. The number of fused-ring (bicyclic) bond motifs is 1. The molecule has 0 bridgehead atoms. The molecule has 41 heavy (non-hydrogen) atoms. The summed E-state index contributed by atoms with van der Waals surface area (Å²) in [5, 5.41) is 41.3. The number of aromatic hydroxyl groups is 1. The lowest BCUT2D eigenvalue weighted by Gasteiger charge is -2.09. The van der Waals surface area contributed by atoms with Gasteiger partial charge in [0, 0.05) is 22.3 Å². The van der Waals surface area contributed by atoms with Crippen LogP contribution in [0.15, 0.2) is 128 Å². The maximum absolute atomic E-state index is 12.6. The van der Waals surface area contributed by atoms with Gasteiger partial charge in [-0.25, -0.2) is 5.26 Å². The van der Waals surface area contributed by atoms with Crippen molar-refractivity contribution in [3.8, 4) is 5.75 Å². The number of aryl methyl sites for hydroxylation is 1. The number of rotatable bonds is 10. The number of Topliss-reactive ketones (excluding diaryl/α,β-unsaturated/α-hetero) is 1. The largest absolute Gasteiger partial charge is 0.505 e. The van der Waals surface area contributed by atoms with Gasteiger partial charge < -0.3 is 5.11 Å². The molecule has 0 saturated carbocycles. The average molecular weight is 565 g/mol. The van der Waals surface area contributed by atoms with Gasteiger partial charge in [-0.05, 0) is 78.0 Å². The first kappa shape index (κ1) is 27.8. The van der Waals surface area contributed by atoms with E-state index in [4.69, 9.17) is 5.26 Å². The van der Waals surface area contributed by atoms with Crippen LogP contribution in [0.2, 0.25) is 0 Å². The number of ketones is 1. The van der Waals surface area contributed by atoms with Crippen molar-refractivity contribution in [2.45, 2.75) is 18.2 Å². The van der Waals surface area contributed by atoms with Crippen molar-refractivity contribution in [3.63, 3.8) is 0 Å². The number of carbonyl (C=O) groups is 1. The molecule has 0 spiro atoms. The summed E-state index contributed by atoms with van der Waals surface area (Å²) in [5.74, 6) is 0.0772. The predicted octanol–water partition coefficient (Wildman–Crippen LogP) is 9.54. The van der Waals surface area contributed by atoms with Crippen LogP contribution in [0.1, 0.15) is 21.5 Å². The van der Waals surface area contributed by atoms with Crippen molar-refractivity contribution in [3.05, 3.63) is 120 Å². The van der Waals surface area contributed by atoms with Gasteiger partial charge in [-0.1, -0.05) is 53.6 Å². The van der Waals surface area contributed by atoms with Gasteiger partial charge in [0.05, 0.1) is 29.1 Å². The van der Waals surface area contributed by atoms with Crippen LogP contribution in [-0.4, -0.2) is 16.1 Å². The molecule has 2 N–H and O–H groups in total. The second-order valence-electron chi connectivity index (χ2n) is 9.05. The zero-order chi connectivity index (χ0) is 28.6. The minimum atomic E-state index is 0.0370. The second kappa shape index (κ2) is 13.1. The predicted molar refractivity (Wildman–Crippen MR) is 157 cm³/mol. The summed E-state index contributed by atoms with van der Waals surface area (Å²) in [5.41, 5.74) is 4.54. The van der Waals surface area contributed by atoms with Crippen LogP contribution in [-0.2, 0) is 15.8 Å². The van der Waals surface area contributed by atoms with Gasteiger partial charge in [0.2, 0.25) is 0 Å². The highest BCUT2D eigenvalue weighted by Crippen LogP contribution is 2.39. The van der Waals surface area contributed by atoms with Crippen LogP contribution in [0.25, 0.3) is 10.8 Å². The van der Waals surface area contributed by atoms with Crippen LogP contribution >= 0.6 is 12.0 Å². The van der Waals surface area contributed by atoms with Gasteiger partial charge in [0.25, 0.3) is 0 Å². The Morgan fingerprint density at radius 1 is 0.780 bits per heavy atom. The van der Waals surface area contributed by atoms with Gasteiger partial charge in [-0.15, -0.1) is 9.45 Å². The van der Waals surface area contributed by atoms with E-state index in [9.17, 15) is 9.90 Å². The highest BCUT2D eigenvalue weighted by atomic mass is 32.2. The summed E-state index contributed by atoms with van der Waals surface area (Å²) in [7, 11) is 0. The van der Waals surface area contributed by atoms with Gasteiger partial charge in [-0.3, -0.25) is 4.79 Å². The maximum Gasteiger partial charge on any atom is 0.167 e. The molecule has 0 aliphatic heterocycles. The van der Waals surface area contributed by atoms with Crippen LogP contribution in [0.4, 0.5) is 22.7 Å². The molecule has 0 amide bonds. The Morgan fingerprint density at radius 2 is 1.39 bits per heavy atom. The molecular formula is C31H24N4O5S. The van der Waals surface area contributed by atoms with E-state index in [1.165, 1.54) is 0 Å². The Balaban J connectivity index is 1.27. The third kappa shape index (κ3) is 7.07. The van der Waals surface area contributed by atoms with Crippen molar-refractivity contribution in [2.75, 3.05) is 0 Å². The molecular weight excluding hydrogens is 540 g/mol. The van der Waals surface area contributed by atoms with E-state index in [0.717, 1.165) is 33.5 Å². The van der Waals surface area contributed by atoms with E-state index in [1.807, 2.05) is 55.5 Å². The molecule has 0 aromatic heterocycles. The molecule has 5 rings (SSSR count). The van der Waals surface area contributed by atoms with Crippen LogP contribution < -0.4 is 0 Å². The van der Waals surface area contributed by atoms with Crippen molar-refractivity contribution in [1.82, 2.24) is 0 Å². The first-order chi connectivity index (χ1) is 20.0. The van der Waals surface area contributed by atoms with Crippen LogP contribution in [0.3, 0.4) is 0 Å². The molecule has 5 aromatic carbocycles. The Bertz CT molecular complexity index is 1720. The van der Waals surface area contributed by atoms with E-state index < -0.39 is 0 Å². The third-order valence-corrected chi connectivity index (χ3v) is 6.79. The molecule has 9 nitrogen and oxygen atoms in total. The number of azo groups is 2. The number of hydrogen-bond donors (Lipinski definition) is 2. The third-order valence-electron chi connectivity index (χ3n) is 6.19. The van der Waals surface area contributed by atoms with Crippen LogP contribution in [0, 0.1) is 6.92 Å². The van der Waals surface area contributed by atoms with Gasteiger partial charge >= 0.3 is 0 Å². The quantitative estimate of drug-likeness (QED) is 0.0572. The maximum atomic E-state index is 12.6. The van der Waals surface area contributed by atoms with Gasteiger partial charge in [0.1, 0.15) is 5.69 Å². The number of phenolic OH excluding ortho intramolecular Hbond substituents is 1. The lowest BCUT2D eigenvalue weighted by atomic mass is 9.98. The van der Waals surface area contributed by atoms with E-state index >= 15 is 0 Å². The molecule has 5 aromatic rings. The van der Waals surface area contributed by atoms with Crippen LogP contribution in [0.5, 0.6) is 5.75 Å². The monoisotopic (exact) mass is 564 g/mol. The zero-order valence-corrected chi connectivity index (χ0v) is 22.7. The molecule has 0 radical (unpaired) electrons. The Labute approximate surface area is 239 Å². The van der Waals surface area contributed by atoms with E-state index in [-0.39, 0.29) is 18.0 Å². The normalized spacial score (nSPS) is 11.6. The van der Waals surface area contributed by atoms with Crippen molar-refractivity contribution in [1.29, 1.82) is 0 Å². The molecule has 204 valence electrons. The molecule has 0 aliphatic carbocycles. The molecule has 0 unspecified atom stereocenters. The van der Waals surface area contributed by atoms with Crippen molar-refractivity contribution < 1.29 is 24.5 Å². The smallest absolute Gasteiger partial charge is 0.167 e. The number of nitrogens with zero attached hydrogens (tertiary/aromatic N) is 4. The average Bonchev–Trinajstić information content (AvgIpc) is 3.00. The standard InChI is InChI=1S/C31H24N4O5S/c1-20-17-23-18-21(19-29(36)22-5-3-2-4-6-22)7-16-28(23)31(37)30(20)35-34-25-10-8-24(9-11-25)32-33-26-12-14-27(15-13-26)41-40-39-38/h2-18,37-38H,19H2,1H3. The number of benzene rings is 5. The van der Waals surface area contributed by atoms with Crippen molar-refractivity contribution in [2.24, 2.45) is 20.5 Å². The Morgan fingerprint density at radius 3 is 2.02 bits per heavy atom. The van der Waals surface area contributed by atoms with E-state index in [1.54, 1.807) is 54.6 Å². The summed E-state index contributed by atoms with van der Waals surface area (Å²) in [6, 6.07) is 30.7. The minimum Gasteiger partial charge on any atom is -0.505 e. The summed E-state index contributed by atoms with van der Waals surface area (Å²) in [6.07, 6.45) is 0.277. The lowest BCUT2D eigenvalue weighted by Crippen LogP contribution is -2.03. The summed E-state index contributed by atoms with van der Waals surface area (Å²) in [6.45, 7) is 1.86. The zero-order valence-electron chi connectivity index (χ0n) is 21.8. The first-order valence-corrected chi connectivity index (χ1v) is 13.3. The fourth-order valence-electron chi connectivity index (χ4n) is 4.14. The fraction of sp³-hybridized carbons (Fsp3) is 0.0645. The highest BCUT2D eigenvalue weighted by molar-refractivity contribution is 7.94. The molecule has 0 aliphatic rings. The minimum absolute atomic E-state index is 0.0370. The summed E-state index contributed by atoms with van der Waals surface area (Å²) < 4.78 is 4.39. The highest BCUT2D eigenvalue weighted by Gasteiger charge is 2.13. The fourth-order valence-corrected chi connectivity index (χ4v) is 4.50. The summed E-state index contributed by atoms with van der Waals surface area (Å²) in [4.78, 5) is 13.3. The van der Waals surface area contributed by atoms with E-state index in [0.29, 0.717) is 33.7 Å². The van der Waals surface area contributed by atoms with E-state index in [2.05, 4.69) is 29.8 Å². The molecule has 0 saturated heterocycles. The van der Waals surface area contributed by atoms with Gasteiger partial charge in [-0.2, -0.15) is 15.3 Å². The molecule has 0 atom stereocenters. The lowest BCUT2D eigenvalue weighted by molar-refractivity contribution is -0.432. The second-order valence-corrected chi connectivity index (χ2v) is 9.82. The molecule has 10 heteroatoms. The van der Waals surface area contributed by atoms with Crippen molar-refractivity contribution >= 4 is 51.3 Å². The number of phenols is 1. The topological polar surface area (TPSA) is 125 Å². The number of hydrogen-bond acceptors (Lipinski definition) is 10. The van der Waals surface area contributed by atoms with Gasteiger partial charge in [0.15, 0.2) is 11.5 Å². The SMILES string of the molecule is Cc1cc2cc(CC(=O)c3ccccc3)ccc2c(O)c1N=Nc1ccc(N=Nc2ccc(SOOO)cc2)cc1. The summed E-state index contributed by atoms with van der Waals surface area (Å²) >= 11 is 0.861. The molecule has 0 heterocycles.